The van der Waals surface area contributed by atoms with Gasteiger partial charge in [-0.1, -0.05) is 18.6 Å². The summed E-state index contributed by atoms with van der Waals surface area (Å²) in [7, 11) is 0. The van der Waals surface area contributed by atoms with E-state index in [-0.39, 0.29) is 0 Å². The summed E-state index contributed by atoms with van der Waals surface area (Å²) in [5.41, 5.74) is 1.14. The Balaban J connectivity index is 1.70. The molecular weight excluding hydrogens is 224 g/mol. The van der Waals surface area contributed by atoms with E-state index in [0.717, 1.165) is 30.2 Å². The number of hydrogen-bond donors (Lipinski definition) is 1. The predicted octanol–water partition coefficient (Wildman–Crippen LogP) is 2.75. The number of rotatable bonds is 3. The molecular formula is C15H20N2O. The SMILES string of the molecule is c1cc(OC2CCCCC2)cc(C2=NCCN2)c1. The molecule has 1 fully saturated rings. The van der Waals surface area contributed by atoms with Crippen molar-refractivity contribution in [3.05, 3.63) is 29.8 Å². The van der Waals surface area contributed by atoms with Crippen molar-refractivity contribution >= 4 is 5.84 Å². The molecule has 1 aliphatic heterocycles. The van der Waals surface area contributed by atoms with Crippen LogP contribution in [0.15, 0.2) is 29.3 Å². The van der Waals surface area contributed by atoms with Gasteiger partial charge in [0.05, 0.1) is 12.6 Å². The fourth-order valence-corrected chi connectivity index (χ4v) is 2.68. The topological polar surface area (TPSA) is 33.6 Å². The second-order valence-electron chi connectivity index (χ2n) is 5.06. The lowest BCUT2D eigenvalue weighted by Crippen LogP contribution is -2.21. The molecule has 0 saturated heterocycles. The second kappa shape index (κ2) is 5.42. The number of hydrogen-bond acceptors (Lipinski definition) is 3. The molecule has 0 spiro atoms. The summed E-state index contributed by atoms with van der Waals surface area (Å²) in [6.07, 6.45) is 6.78. The molecule has 0 aromatic heterocycles. The first kappa shape index (κ1) is 11.6. The van der Waals surface area contributed by atoms with Crippen molar-refractivity contribution in [2.24, 2.45) is 4.99 Å². The van der Waals surface area contributed by atoms with Gasteiger partial charge in [-0.15, -0.1) is 0 Å². The van der Waals surface area contributed by atoms with Gasteiger partial charge < -0.3 is 10.1 Å². The van der Waals surface area contributed by atoms with Crippen LogP contribution in [0.25, 0.3) is 0 Å². The highest BCUT2D eigenvalue weighted by atomic mass is 16.5. The maximum Gasteiger partial charge on any atom is 0.128 e. The van der Waals surface area contributed by atoms with Crippen molar-refractivity contribution in [1.82, 2.24) is 5.32 Å². The number of ether oxygens (including phenoxy) is 1. The normalized spacial score (nSPS) is 20.3. The first-order valence-electron chi connectivity index (χ1n) is 6.97. The standard InChI is InChI=1S/C15H20N2O/c1-2-6-13(7-3-1)18-14-8-4-5-12(11-14)15-16-9-10-17-15/h4-5,8,11,13H,1-3,6-7,9-10H2,(H,16,17). The van der Waals surface area contributed by atoms with Crippen LogP contribution in [0.1, 0.15) is 37.7 Å². The summed E-state index contributed by atoms with van der Waals surface area (Å²) in [5, 5.41) is 3.30. The Bertz CT molecular complexity index is 436. The summed E-state index contributed by atoms with van der Waals surface area (Å²) in [6.45, 7) is 1.83. The predicted molar refractivity (Wildman–Crippen MR) is 73.3 cm³/mol. The number of nitrogens with one attached hydrogen (secondary N) is 1. The van der Waals surface area contributed by atoms with Crippen LogP contribution in [0, 0.1) is 0 Å². The number of aliphatic imine (C=N–C) groups is 1. The van der Waals surface area contributed by atoms with Crippen molar-refractivity contribution in [3.8, 4) is 5.75 Å². The van der Waals surface area contributed by atoms with Crippen molar-refractivity contribution in [2.75, 3.05) is 13.1 Å². The third kappa shape index (κ3) is 2.66. The first-order chi connectivity index (χ1) is 8.92. The van der Waals surface area contributed by atoms with Crippen LogP contribution in [-0.2, 0) is 0 Å². The van der Waals surface area contributed by atoms with E-state index in [0.29, 0.717) is 6.10 Å². The Morgan fingerprint density at radius 1 is 1.17 bits per heavy atom. The Morgan fingerprint density at radius 3 is 2.83 bits per heavy atom. The minimum Gasteiger partial charge on any atom is -0.490 e. The Morgan fingerprint density at radius 2 is 2.06 bits per heavy atom. The fraction of sp³-hybridized carbons (Fsp3) is 0.533. The maximum absolute atomic E-state index is 6.07. The minimum absolute atomic E-state index is 0.410. The van der Waals surface area contributed by atoms with E-state index < -0.39 is 0 Å². The van der Waals surface area contributed by atoms with Gasteiger partial charge in [-0.3, -0.25) is 4.99 Å². The highest BCUT2D eigenvalue weighted by Gasteiger charge is 2.15. The van der Waals surface area contributed by atoms with Crippen molar-refractivity contribution < 1.29 is 4.74 Å². The molecule has 0 radical (unpaired) electrons. The number of benzene rings is 1. The zero-order chi connectivity index (χ0) is 12.2. The lowest BCUT2D eigenvalue weighted by atomic mass is 9.98. The molecule has 2 aliphatic rings. The molecule has 1 aliphatic carbocycles. The highest BCUT2D eigenvalue weighted by Crippen LogP contribution is 2.24. The molecule has 0 amide bonds. The molecule has 3 rings (SSSR count). The highest BCUT2D eigenvalue weighted by molar-refractivity contribution is 6.00. The van der Waals surface area contributed by atoms with Crippen LogP contribution in [0.4, 0.5) is 0 Å². The fourth-order valence-electron chi connectivity index (χ4n) is 2.68. The molecule has 1 aromatic carbocycles. The van der Waals surface area contributed by atoms with Crippen LogP contribution in [0.3, 0.4) is 0 Å². The molecule has 1 saturated carbocycles. The van der Waals surface area contributed by atoms with Gasteiger partial charge in [-0.25, -0.2) is 0 Å². The summed E-state index contributed by atoms with van der Waals surface area (Å²) in [5.74, 6) is 1.99. The van der Waals surface area contributed by atoms with Gasteiger partial charge in [0.2, 0.25) is 0 Å². The Hall–Kier alpha value is -1.51. The first-order valence-corrected chi connectivity index (χ1v) is 6.97. The van der Waals surface area contributed by atoms with E-state index in [1.54, 1.807) is 0 Å². The molecule has 18 heavy (non-hydrogen) atoms. The average molecular weight is 244 g/mol. The van der Waals surface area contributed by atoms with Crippen molar-refractivity contribution in [1.29, 1.82) is 0 Å². The summed E-state index contributed by atoms with van der Waals surface area (Å²) in [6, 6.07) is 8.29. The van der Waals surface area contributed by atoms with Gasteiger partial charge in [0, 0.05) is 12.1 Å². The van der Waals surface area contributed by atoms with Gasteiger partial charge >= 0.3 is 0 Å². The van der Waals surface area contributed by atoms with Crippen molar-refractivity contribution in [3.63, 3.8) is 0 Å². The quantitative estimate of drug-likeness (QED) is 0.887. The second-order valence-corrected chi connectivity index (χ2v) is 5.06. The monoisotopic (exact) mass is 244 g/mol. The Labute approximate surface area is 108 Å². The zero-order valence-electron chi connectivity index (χ0n) is 10.7. The molecule has 1 aromatic rings. The summed E-state index contributed by atoms with van der Waals surface area (Å²) < 4.78 is 6.07. The lowest BCUT2D eigenvalue weighted by Gasteiger charge is -2.23. The van der Waals surface area contributed by atoms with Crippen LogP contribution >= 0.6 is 0 Å². The van der Waals surface area contributed by atoms with Gasteiger partial charge in [-0.05, 0) is 37.8 Å². The van der Waals surface area contributed by atoms with E-state index in [9.17, 15) is 0 Å². The van der Waals surface area contributed by atoms with E-state index in [1.165, 1.54) is 32.1 Å². The smallest absolute Gasteiger partial charge is 0.128 e. The summed E-state index contributed by atoms with van der Waals surface area (Å²) in [4.78, 5) is 4.44. The van der Waals surface area contributed by atoms with E-state index in [4.69, 9.17) is 4.74 Å². The lowest BCUT2D eigenvalue weighted by molar-refractivity contribution is 0.155. The summed E-state index contributed by atoms with van der Waals surface area (Å²) >= 11 is 0. The van der Waals surface area contributed by atoms with E-state index in [2.05, 4.69) is 28.5 Å². The number of amidine groups is 1. The van der Waals surface area contributed by atoms with Crippen LogP contribution in [0.2, 0.25) is 0 Å². The zero-order valence-corrected chi connectivity index (χ0v) is 10.7. The van der Waals surface area contributed by atoms with E-state index >= 15 is 0 Å². The average Bonchev–Trinajstić information content (AvgIpc) is 2.94. The van der Waals surface area contributed by atoms with Gasteiger partial charge in [0.25, 0.3) is 0 Å². The maximum atomic E-state index is 6.07. The van der Waals surface area contributed by atoms with Gasteiger partial charge in [0.15, 0.2) is 0 Å². The Kier molecular flexibility index (Phi) is 3.49. The molecule has 0 atom stereocenters. The largest absolute Gasteiger partial charge is 0.490 e. The van der Waals surface area contributed by atoms with Crippen LogP contribution < -0.4 is 10.1 Å². The van der Waals surface area contributed by atoms with Gasteiger partial charge in [-0.2, -0.15) is 0 Å². The molecule has 1 heterocycles. The van der Waals surface area contributed by atoms with Crippen LogP contribution in [0.5, 0.6) is 5.75 Å². The van der Waals surface area contributed by atoms with E-state index in [1.807, 2.05) is 6.07 Å². The molecule has 3 nitrogen and oxygen atoms in total. The third-order valence-corrected chi connectivity index (χ3v) is 3.64. The van der Waals surface area contributed by atoms with Crippen molar-refractivity contribution in [2.45, 2.75) is 38.2 Å². The molecule has 0 bridgehead atoms. The molecule has 1 N–H and O–H groups in total. The third-order valence-electron chi connectivity index (χ3n) is 3.64. The molecule has 3 heteroatoms. The number of nitrogens with zero attached hydrogens (tertiary/aromatic N) is 1. The molecule has 0 unspecified atom stereocenters. The van der Waals surface area contributed by atoms with Crippen LogP contribution in [-0.4, -0.2) is 25.0 Å². The van der Waals surface area contributed by atoms with Gasteiger partial charge in [0.1, 0.15) is 11.6 Å². The molecule has 96 valence electrons. The minimum atomic E-state index is 0.410.